The molecule has 0 bridgehead atoms. The van der Waals surface area contributed by atoms with E-state index in [1.807, 2.05) is 30.3 Å². The van der Waals surface area contributed by atoms with Crippen LogP contribution in [0.4, 0.5) is 0 Å². The molecule has 2 N–H and O–H groups in total. The fraction of sp³-hybridized carbons (Fsp3) is 0.455. The molecule has 0 amide bonds. The van der Waals surface area contributed by atoms with Crippen molar-refractivity contribution < 1.29 is 14.9 Å². The summed E-state index contributed by atoms with van der Waals surface area (Å²) in [5.41, 5.74) is 1.10. The Hall–Kier alpha value is -0.900. The molecule has 14 heavy (non-hydrogen) atoms. The maximum Gasteiger partial charge on any atom is 0.0717 e. The van der Waals surface area contributed by atoms with Gasteiger partial charge in [-0.1, -0.05) is 30.3 Å². The number of aliphatic hydroxyl groups excluding tert-OH is 2. The summed E-state index contributed by atoms with van der Waals surface area (Å²) < 4.78 is 5.34. The Morgan fingerprint density at radius 2 is 1.71 bits per heavy atom. The van der Waals surface area contributed by atoms with E-state index in [4.69, 9.17) is 14.9 Å². The molecular weight excluding hydrogens is 180 g/mol. The first kappa shape index (κ1) is 11.2. The normalized spacial score (nSPS) is 10.8. The molecule has 0 saturated heterocycles. The van der Waals surface area contributed by atoms with Crippen molar-refractivity contribution in [2.75, 3.05) is 19.8 Å². The van der Waals surface area contributed by atoms with Gasteiger partial charge in [-0.3, -0.25) is 0 Å². The van der Waals surface area contributed by atoms with Crippen LogP contribution in [-0.4, -0.2) is 30.0 Å². The third-order valence-corrected chi connectivity index (χ3v) is 1.98. The molecule has 0 aliphatic heterocycles. The Bertz CT molecular complexity index is 232. The van der Waals surface area contributed by atoms with Crippen LogP contribution in [0.3, 0.4) is 0 Å². The van der Waals surface area contributed by atoms with Crippen LogP contribution in [0.25, 0.3) is 0 Å². The lowest BCUT2D eigenvalue weighted by atomic mass is 10.2. The van der Waals surface area contributed by atoms with Gasteiger partial charge in [0, 0.05) is 5.92 Å². The summed E-state index contributed by atoms with van der Waals surface area (Å²) in [6.45, 7) is 0.843. The van der Waals surface area contributed by atoms with Crippen molar-refractivity contribution in [2.45, 2.75) is 6.61 Å². The lowest BCUT2D eigenvalue weighted by Crippen LogP contribution is -2.17. The maximum absolute atomic E-state index is 8.78. The summed E-state index contributed by atoms with van der Waals surface area (Å²) in [6, 6.07) is 9.82. The Balaban J connectivity index is 2.21. The molecule has 3 heteroatoms. The van der Waals surface area contributed by atoms with Gasteiger partial charge in [-0.05, 0) is 5.56 Å². The van der Waals surface area contributed by atoms with Gasteiger partial charge in [0.15, 0.2) is 0 Å². The molecule has 0 atom stereocenters. The van der Waals surface area contributed by atoms with Gasteiger partial charge in [0.25, 0.3) is 0 Å². The van der Waals surface area contributed by atoms with Crippen LogP contribution in [0.15, 0.2) is 30.3 Å². The summed E-state index contributed by atoms with van der Waals surface area (Å²) in [7, 11) is 0. The second-order valence-corrected chi connectivity index (χ2v) is 3.23. The molecule has 3 nitrogen and oxygen atoms in total. The van der Waals surface area contributed by atoms with Crippen LogP contribution in [-0.2, 0) is 11.3 Å². The molecule has 1 rings (SSSR count). The molecule has 78 valence electrons. The first-order chi connectivity index (χ1) is 6.86. The van der Waals surface area contributed by atoms with Crippen molar-refractivity contribution in [3.63, 3.8) is 0 Å². The van der Waals surface area contributed by atoms with Gasteiger partial charge < -0.3 is 14.9 Å². The summed E-state index contributed by atoms with van der Waals surface area (Å²) in [6.07, 6.45) is 0. The van der Waals surface area contributed by atoms with Crippen molar-refractivity contribution >= 4 is 0 Å². The average molecular weight is 196 g/mol. The molecule has 0 heterocycles. The summed E-state index contributed by atoms with van der Waals surface area (Å²) in [5.74, 6) is -0.168. The van der Waals surface area contributed by atoms with E-state index < -0.39 is 0 Å². The summed E-state index contributed by atoms with van der Waals surface area (Å²) >= 11 is 0. The highest BCUT2D eigenvalue weighted by Gasteiger charge is 2.05. The molecule has 0 radical (unpaired) electrons. The molecule has 0 fully saturated rings. The van der Waals surface area contributed by atoms with Crippen molar-refractivity contribution in [1.82, 2.24) is 0 Å². The minimum Gasteiger partial charge on any atom is -0.396 e. The zero-order chi connectivity index (χ0) is 10.2. The van der Waals surface area contributed by atoms with E-state index >= 15 is 0 Å². The maximum atomic E-state index is 8.78. The largest absolute Gasteiger partial charge is 0.396 e. The average Bonchev–Trinajstić information content (AvgIpc) is 2.26. The first-order valence-corrected chi connectivity index (χ1v) is 4.70. The van der Waals surface area contributed by atoms with Crippen LogP contribution in [0.5, 0.6) is 0 Å². The molecular formula is C11H16O3. The van der Waals surface area contributed by atoms with Gasteiger partial charge in [0.05, 0.1) is 26.4 Å². The van der Waals surface area contributed by atoms with Gasteiger partial charge in [0.1, 0.15) is 0 Å². The van der Waals surface area contributed by atoms with Crippen LogP contribution in [0.1, 0.15) is 5.56 Å². The number of ether oxygens (including phenoxy) is 1. The van der Waals surface area contributed by atoms with Crippen LogP contribution in [0.2, 0.25) is 0 Å². The van der Waals surface area contributed by atoms with E-state index in [1.54, 1.807) is 0 Å². The van der Waals surface area contributed by atoms with Crippen molar-refractivity contribution in [3.8, 4) is 0 Å². The second kappa shape index (κ2) is 6.54. The number of hydrogen-bond donors (Lipinski definition) is 2. The fourth-order valence-corrected chi connectivity index (χ4v) is 1.08. The number of rotatable bonds is 6. The Morgan fingerprint density at radius 3 is 2.29 bits per heavy atom. The van der Waals surface area contributed by atoms with Gasteiger partial charge in [0.2, 0.25) is 0 Å². The van der Waals surface area contributed by atoms with Crippen LogP contribution < -0.4 is 0 Å². The smallest absolute Gasteiger partial charge is 0.0717 e. The molecule has 0 spiro atoms. The molecule has 1 aromatic rings. The minimum atomic E-state index is -0.168. The zero-order valence-electron chi connectivity index (χ0n) is 8.10. The van der Waals surface area contributed by atoms with E-state index in [2.05, 4.69) is 0 Å². The molecule has 0 saturated carbocycles. The second-order valence-electron chi connectivity index (χ2n) is 3.23. The molecule has 0 aliphatic carbocycles. The lowest BCUT2D eigenvalue weighted by molar-refractivity contribution is 0.0372. The van der Waals surface area contributed by atoms with E-state index in [0.717, 1.165) is 5.56 Å². The van der Waals surface area contributed by atoms with Gasteiger partial charge in [-0.15, -0.1) is 0 Å². The standard InChI is InChI=1S/C11H16O3/c12-6-11(7-13)9-14-8-10-4-2-1-3-5-10/h1-5,11-13H,6-9H2. The minimum absolute atomic E-state index is 0.0364. The quantitative estimate of drug-likeness (QED) is 0.707. The van der Waals surface area contributed by atoms with Crippen molar-refractivity contribution in [1.29, 1.82) is 0 Å². The predicted molar refractivity (Wildman–Crippen MR) is 53.8 cm³/mol. The summed E-state index contributed by atoms with van der Waals surface area (Å²) in [4.78, 5) is 0. The molecule has 1 aromatic carbocycles. The monoisotopic (exact) mass is 196 g/mol. The topological polar surface area (TPSA) is 49.7 Å². The van der Waals surface area contributed by atoms with E-state index in [1.165, 1.54) is 0 Å². The molecule has 0 aromatic heterocycles. The van der Waals surface area contributed by atoms with Gasteiger partial charge in [-0.25, -0.2) is 0 Å². The first-order valence-electron chi connectivity index (χ1n) is 4.70. The van der Waals surface area contributed by atoms with E-state index in [0.29, 0.717) is 13.2 Å². The highest BCUT2D eigenvalue weighted by Crippen LogP contribution is 2.02. The number of aliphatic hydroxyl groups is 2. The Kier molecular flexibility index (Phi) is 5.22. The SMILES string of the molecule is OCC(CO)COCc1ccccc1. The third-order valence-electron chi connectivity index (χ3n) is 1.98. The summed E-state index contributed by atoms with van der Waals surface area (Å²) in [5, 5.41) is 17.6. The number of hydrogen-bond acceptors (Lipinski definition) is 3. The third kappa shape index (κ3) is 3.87. The highest BCUT2D eigenvalue weighted by molar-refractivity contribution is 5.13. The highest BCUT2D eigenvalue weighted by atomic mass is 16.5. The number of benzene rings is 1. The molecule has 0 unspecified atom stereocenters. The van der Waals surface area contributed by atoms with E-state index in [-0.39, 0.29) is 19.1 Å². The predicted octanol–water partition coefficient (Wildman–Crippen LogP) is 0.804. The fourth-order valence-electron chi connectivity index (χ4n) is 1.08. The van der Waals surface area contributed by atoms with Gasteiger partial charge in [-0.2, -0.15) is 0 Å². The lowest BCUT2D eigenvalue weighted by Gasteiger charge is -2.11. The molecule has 0 aliphatic rings. The Labute approximate surface area is 84.0 Å². The van der Waals surface area contributed by atoms with Crippen LogP contribution in [0, 0.1) is 5.92 Å². The van der Waals surface area contributed by atoms with E-state index in [9.17, 15) is 0 Å². The van der Waals surface area contributed by atoms with Crippen molar-refractivity contribution in [3.05, 3.63) is 35.9 Å². The van der Waals surface area contributed by atoms with Crippen molar-refractivity contribution in [2.24, 2.45) is 5.92 Å². The van der Waals surface area contributed by atoms with Gasteiger partial charge >= 0.3 is 0 Å². The van der Waals surface area contributed by atoms with Crippen LogP contribution >= 0.6 is 0 Å². The Morgan fingerprint density at radius 1 is 1.07 bits per heavy atom. The zero-order valence-corrected chi connectivity index (χ0v) is 8.10.